The van der Waals surface area contributed by atoms with Gasteiger partial charge in [0, 0.05) is 18.3 Å². The molecule has 1 amide bonds. The Kier molecular flexibility index (Phi) is 5.77. The van der Waals surface area contributed by atoms with E-state index in [2.05, 4.69) is 15.2 Å². The van der Waals surface area contributed by atoms with E-state index in [1.54, 1.807) is 10.9 Å². The minimum absolute atomic E-state index is 0.0826. The molecule has 0 aliphatic rings. The summed E-state index contributed by atoms with van der Waals surface area (Å²) in [5.41, 5.74) is 2.07. The van der Waals surface area contributed by atoms with Crippen LogP contribution < -0.4 is 10.1 Å². The van der Waals surface area contributed by atoms with Crippen LogP contribution in [0.3, 0.4) is 0 Å². The van der Waals surface area contributed by atoms with Crippen LogP contribution in [0.1, 0.15) is 15.9 Å². The average molecular weight is 443 g/mol. The molecule has 1 N–H and O–H groups in total. The van der Waals surface area contributed by atoms with Crippen LogP contribution in [0.15, 0.2) is 78.3 Å². The van der Waals surface area contributed by atoms with Crippen LogP contribution in [0, 0.1) is 0 Å². The zero-order chi connectivity index (χ0) is 21.8. The number of hydrogen-bond acceptors (Lipinski definition) is 4. The lowest BCUT2D eigenvalue weighted by Crippen LogP contribution is -2.25. The second-order valence-corrected chi connectivity index (χ2v) is 7.43. The van der Waals surface area contributed by atoms with Crippen LogP contribution in [0.4, 0.5) is 13.2 Å². The fraction of sp³-hybridized carbons (Fsp3) is 0.0909. The Morgan fingerprint density at radius 2 is 1.77 bits per heavy atom. The Morgan fingerprint density at radius 1 is 1.03 bits per heavy atom. The van der Waals surface area contributed by atoms with Crippen molar-refractivity contribution in [2.45, 2.75) is 12.9 Å². The summed E-state index contributed by atoms with van der Waals surface area (Å²) in [5.74, 6) is -1.23. The number of nitrogens with zero attached hydrogens (tertiary/aromatic N) is 2. The quantitative estimate of drug-likeness (QED) is 0.432. The number of para-hydroxylation sites is 2. The molecule has 4 aromatic rings. The van der Waals surface area contributed by atoms with Crippen molar-refractivity contribution < 1.29 is 22.7 Å². The van der Waals surface area contributed by atoms with Gasteiger partial charge in [-0.2, -0.15) is 5.10 Å². The normalized spacial score (nSPS) is 11.3. The molecule has 4 rings (SSSR count). The van der Waals surface area contributed by atoms with Gasteiger partial charge in [-0.05, 0) is 35.7 Å². The van der Waals surface area contributed by atoms with E-state index in [-0.39, 0.29) is 12.1 Å². The fourth-order valence-corrected chi connectivity index (χ4v) is 3.76. The van der Waals surface area contributed by atoms with E-state index in [0.717, 1.165) is 22.2 Å². The SMILES string of the molecule is O=C(NCc1cn(-c2ccccc2)nc1-c1cccs1)c1ccccc1OC(F)(F)F. The minimum Gasteiger partial charge on any atom is -0.405 e. The Labute approximate surface area is 179 Å². The maximum absolute atomic E-state index is 12.6. The standard InChI is InChI=1S/C22H16F3N3O2S/c23-22(24,25)30-18-10-5-4-9-17(18)21(29)26-13-15-14-28(16-7-2-1-3-8-16)27-20(15)19-11-6-12-31-19/h1-12,14H,13H2,(H,26,29). The summed E-state index contributed by atoms with van der Waals surface area (Å²) in [4.78, 5) is 13.5. The molecule has 2 aromatic heterocycles. The van der Waals surface area contributed by atoms with Gasteiger partial charge < -0.3 is 10.1 Å². The smallest absolute Gasteiger partial charge is 0.405 e. The van der Waals surface area contributed by atoms with Gasteiger partial charge in [-0.3, -0.25) is 4.79 Å². The van der Waals surface area contributed by atoms with Crippen molar-refractivity contribution >= 4 is 17.2 Å². The van der Waals surface area contributed by atoms with E-state index in [4.69, 9.17) is 0 Å². The molecule has 9 heteroatoms. The molecular formula is C22H16F3N3O2S. The predicted molar refractivity (Wildman–Crippen MR) is 111 cm³/mol. The molecule has 2 aromatic carbocycles. The maximum Gasteiger partial charge on any atom is 0.573 e. The Bertz CT molecular complexity index is 1170. The molecule has 0 fully saturated rings. The molecule has 0 saturated carbocycles. The van der Waals surface area contributed by atoms with Gasteiger partial charge in [0.15, 0.2) is 0 Å². The monoisotopic (exact) mass is 443 g/mol. The van der Waals surface area contributed by atoms with Crippen molar-refractivity contribution in [1.82, 2.24) is 15.1 Å². The summed E-state index contributed by atoms with van der Waals surface area (Å²) in [6, 6.07) is 18.5. The topological polar surface area (TPSA) is 56.2 Å². The van der Waals surface area contributed by atoms with Crippen LogP contribution in [0.2, 0.25) is 0 Å². The summed E-state index contributed by atoms with van der Waals surface area (Å²) in [6.45, 7) is 0.0826. The van der Waals surface area contributed by atoms with Crippen LogP contribution in [-0.2, 0) is 6.54 Å². The van der Waals surface area contributed by atoms with Crippen molar-refractivity contribution in [2.75, 3.05) is 0 Å². The highest BCUT2D eigenvalue weighted by Gasteiger charge is 2.32. The maximum atomic E-state index is 12.6. The summed E-state index contributed by atoms with van der Waals surface area (Å²) in [6.07, 6.45) is -3.09. The highest BCUT2D eigenvalue weighted by Crippen LogP contribution is 2.29. The van der Waals surface area contributed by atoms with E-state index < -0.39 is 18.0 Å². The number of nitrogens with one attached hydrogen (secondary N) is 1. The van der Waals surface area contributed by atoms with Gasteiger partial charge in [0.25, 0.3) is 5.91 Å². The van der Waals surface area contributed by atoms with Crippen molar-refractivity contribution in [1.29, 1.82) is 0 Å². The van der Waals surface area contributed by atoms with Crippen molar-refractivity contribution in [2.24, 2.45) is 0 Å². The molecule has 5 nitrogen and oxygen atoms in total. The lowest BCUT2D eigenvalue weighted by molar-refractivity contribution is -0.274. The summed E-state index contributed by atoms with van der Waals surface area (Å²) < 4.78 is 43.6. The lowest BCUT2D eigenvalue weighted by Gasteiger charge is -2.13. The van der Waals surface area contributed by atoms with Gasteiger partial charge in [0.1, 0.15) is 11.4 Å². The molecule has 0 spiro atoms. The molecule has 0 unspecified atom stereocenters. The van der Waals surface area contributed by atoms with Gasteiger partial charge in [-0.25, -0.2) is 4.68 Å². The first-order valence-electron chi connectivity index (χ1n) is 9.21. The number of alkyl halides is 3. The van der Waals surface area contributed by atoms with Crippen molar-refractivity contribution in [3.8, 4) is 22.0 Å². The summed E-state index contributed by atoms with van der Waals surface area (Å²) >= 11 is 1.50. The Balaban J connectivity index is 1.59. The van der Waals surface area contributed by atoms with Crippen LogP contribution in [-0.4, -0.2) is 22.1 Å². The lowest BCUT2D eigenvalue weighted by atomic mass is 10.1. The highest BCUT2D eigenvalue weighted by atomic mass is 32.1. The molecule has 2 heterocycles. The Morgan fingerprint density at radius 3 is 2.48 bits per heavy atom. The first-order chi connectivity index (χ1) is 14.9. The number of aromatic nitrogens is 2. The highest BCUT2D eigenvalue weighted by molar-refractivity contribution is 7.13. The number of ether oxygens (including phenoxy) is 1. The first kappa shape index (κ1) is 20.7. The summed E-state index contributed by atoms with van der Waals surface area (Å²) in [7, 11) is 0. The molecular weight excluding hydrogens is 427 g/mol. The third kappa shape index (κ3) is 4.95. The fourth-order valence-electron chi connectivity index (χ4n) is 3.01. The van der Waals surface area contributed by atoms with Gasteiger partial charge in [0.05, 0.1) is 16.1 Å². The van der Waals surface area contributed by atoms with Crippen LogP contribution in [0.5, 0.6) is 5.75 Å². The largest absolute Gasteiger partial charge is 0.573 e. The number of rotatable bonds is 6. The van der Waals surface area contributed by atoms with E-state index in [1.807, 2.05) is 47.8 Å². The minimum atomic E-state index is -4.89. The molecule has 0 aliphatic heterocycles. The number of carbonyl (C=O) groups is 1. The summed E-state index contributed by atoms with van der Waals surface area (Å²) in [5, 5.41) is 9.24. The number of benzene rings is 2. The van der Waals surface area contributed by atoms with Gasteiger partial charge >= 0.3 is 6.36 Å². The van der Waals surface area contributed by atoms with Crippen LogP contribution in [0.25, 0.3) is 16.3 Å². The second kappa shape index (κ2) is 8.65. The van der Waals surface area contributed by atoms with Crippen molar-refractivity contribution in [3.05, 3.63) is 89.4 Å². The number of halogens is 3. The molecule has 0 aliphatic carbocycles. The average Bonchev–Trinajstić information content (AvgIpc) is 3.42. The zero-order valence-electron chi connectivity index (χ0n) is 16.0. The molecule has 158 valence electrons. The zero-order valence-corrected chi connectivity index (χ0v) is 16.8. The molecule has 0 atom stereocenters. The molecule has 31 heavy (non-hydrogen) atoms. The van der Waals surface area contributed by atoms with E-state index in [0.29, 0.717) is 5.69 Å². The number of carbonyl (C=O) groups excluding carboxylic acids is 1. The van der Waals surface area contributed by atoms with Gasteiger partial charge in [0.2, 0.25) is 0 Å². The third-order valence-corrected chi connectivity index (χ3v) is 5.24. The van der Waals surface area contributed by atoms with Crippen molar-refractivity contribution in [3.63, 3.8) is 0 Å². The van der Waals surface area contributed by atoms with E-state index >= 15 is 0 Å². The predicted octanol–water partition coefficient (Wildman–Crippen LogP) is 5.43. The second-order valence-electron chi connectivity index (χ2n) is 6.49. The Hall–Kier alpha value is -3.59. The van der Waals surface area contributed by atoms with E-state index in [1.165, 1.54) is 29.5 Å². The number of hydrogen-bond donors (Lipinski definition) is 1. The molecule has 0 bridgehead atoms. The molecule has 0 saturated heterocycles. The first-order valence-corrected chi connectivity index (χ1v) is 10.1. The van der Waals surface area contributed by atoms with Gasteiger partial charge in [-0.1, -0.05) is 36.4 Å². The molecule has 0 radical (unpaired) electrons. The number of thiophene rings is 1. The van der Waals surface area contributed by atoms with Crippen LogP contribution >= 0.6 is 11.3 Å². The number of amides is 1. The third-order valence-electron chi connectivity index (χ3n) is 4.36. The van der Waals surface area contributed by atoms with E-state index in [9.17, 15) is 18.0 Å². The van der Waals surface area contributed by atoms with Gasteiger partial charge in [-0.15, -0.1) is 24.5 Å².